The topological polar surface area (TPSA) is 73.9 Å². The standard InChI is InChI=1S/C21H27NO5S/c1-21(2)14-17-6-4-7-19(20(17)27-21)26-12-5-13-28(23,24)22-15-16-8-10-18(25-3)11-9-16/h4,6-11,22H,5,12-15H2,1-3H3. The van der Waals surface area contributed by atoms with Crippen LogP contribution in [0.25, 0.3) is 0 Å². The summed E-state index contributed by atoms with van der Waals surface area (Å²) in [5.74, 6) is 2.19. The van der Waals surface area contributed by atoms with Gasteiger partial charge in [0.15, 0.2) is 11.5 Å². The first kappa shape index (κ1) is 20.5. The van der Waals surface area contributed by atoms with E-state index in [2.05, 4.69) is 4.72 Å². The van der Waals surface area contributed by atoms with Gasteiger partial charge in [0.2, 0.25) is 10.0 Å². The lowest BCUT2D eigenvalue weighted by atomic mass is 10.0. The first-order valence-electron chi connectivity index (χ1n) is 9.32. The largest absolute Gasteiger partial charge is 0.497 e. The van der Waals surface area contributed by atoms with E-state index in [4.69, 9.17) is 14.2 Å². The average Bonchev–Trinajstić information content (AvgIpc) is 2.98. The van der Waals surface area contributed by atoms with Gasteiger partial charge in [-0.1, -0.05) is 24.3 Å². The van der Waals surface area contributed by atoms with E-state index >= 15 is 0 Å². The summed E-state index contributed by atoms with van der Waals surface area (Å²) < 4.78 is 43.9. The van der Waals surface area contributed by atoms with E-state index in [9.17, 15) is 8.42 Å². The molecule has 0 radical (unpaired) electrons. The van der Waals surface area contributed by atoms with Crippen molar-refractivity contribution in [3.63, 3.8) is 0 Å². The van der Waals surface area contributed by atoms with Crippen molar-refractivity contribution in [3.8, 4) is 17.2 Å². The average molecular weight is 406 g/mol. The molecule has 1 aliphatic rings. The lowest BCUT2D eigenvalue weighted by Gasteiger charge is -2.18. The van der Waals surface area contributed by atoms with Gasteiger partial charge in [0.05, 0.1) is 19.5 Å². The minimum atomic E-state index is -3.37. The summed E-state index contributed by atoms with van der Waals surface area (Å²) >= 11 is 0. The van der Waals surface area contributed by atoms with Crippen molar-refractivity contribution in [2.45, 2.75) is 38.8 Å². The van der Waals surface area contributed by atoms with Crippen LogP contribution in [0, 0.1) is 0 Å². The number of ether oxygens (including phenoxy) is 3. The van der Waals surface area contributed by atoms with E-state index in [0.717, 1.165) is 29.0 Å². The molecule has 28 heavy (non-hydrogen) atoms. The summed E-state index contributed by atoms with van der Waals surface area (Å²) in [5.41, 5.74) is 1.76. The summed E-state index contributed by atoms with van der Waals surface area (Å²) in [6, 6.07) is 13.1. The van der Waals surface area contributed by atoms with Crippen LogP contribution in [0.4, 0.5) is 0 Å². The smallest absolute Gasteiger partial charge is 0.212 e. The van der Waals surface area contributed by atoms with E-state index < -0.39 is 10.0 Å². The highest BCUT2D eigenvalue weighted by molar-refractivity contribution is 7.89. The Kier molecular flexibility index (Phi) is 6.15. The van der Waals surface area contributed by atoms with Crippen molar-refractivity contribution in [3.05, 3.63) is 53.6 Å². The van der Waals surface area contributed by atoms with Gasteiger partial charge in [-0.15, -0.1) is 0 Å². The Morgan fingerprint density at radius 1 is 1.14 bits per heavy atom. The Hall–Kier alpha value is -2.25. The Bertz CT molecular complexity index is 907. The number of sulfonamides is 1. The fourth-order valence-electron chi connectivity index (χ4n) is 3.14. The molecule has 0 aromatic heterocycles. The molecule has 0 atom stereocenters. The van der Waals surface area contributed by atoms with Crippen LogP contribution in [0.1, 0.15) is 31.4 Å². The van der Waals surface area contributed by atoms with Crippen LogP contribution < -0.4 is 18.9 Å². The van der Waals surface area contributed by atoms with Gasteiger partial charge in [-0.3, -0.25) is 0 Å². The maximum Gasteiger partial charge on any atom is 0.212 e. The molecule has 0 unspecified atom stereocenters. The third-order valence-electron chi connectivity index (χ3n) is 4.53. The predicted molar refractivity (Wildman–Crippen MR) is 109 cm³/mol. The molecular weight excluding hydrogens is 378 g/mol. The normalized spacial score (nSPS) is 15.0. The Morgan fingerprint density at radius 2 is 1.89 bits per heavy atom. The maximum atomic E-state index is 12.2. The number of hydrogen-bond acceptors (Lipinski definition) is 5. The quantitative estimate of drug-likeness (QED) is 0.648. The van der Waals surface area contributed by atoms with Crippen LogP contribution in [0.15, 0.2) is 42.5 Å². The summed E-state index contributed by atoms with van der Waals surface area (Å²) in [5, 5.41) is 0. The summed E-state index contributed by atoms with van der Waals surface area (Å²) in [6.07, 6.45) is 1.23. The highest BCUT2D eigenvalue weighted by Crippen LogP contribution is 2.41. The number of methoxy groups -OCH3 is 1. The second-order valence-electron chi connectivity index (χ2n) is 7.47. The Labute approximate surface area is 166 Å². The van der Waals surface area contributed by atoms with Crippen LogP contribution in [0.5, 0.6) is 17.2 Å². The third-order valence-corrected chi connectivity index (χ3v) is 5.94. The fourth-order valence-corrected chi connectivity index (χ4v) is 4.17. The molecule has 0 aliphatic carbocycles. The van der Waals surface area contributed by atoms with Gasteiger partial charge in [-0.05, 0) is 44.0 Å². The molecule has 2 aromatic carbocycles. The number of para-hydroxylation sites is 1. The molecule has 0 fully saturated rings. The van der Waals surface area contributed by atoms with Gasteiger partial charge < -0.3 is 14.2 Å². The molecule has 0 saturated heterocycles. The molecule has 0 amide bonds. The van der Waals surface area contributed by atoms with Gasteiger partial charge in [0.1, 0.15) is 11.4 Å². The minimum Gasteiger partial charge on any atom is -0.497 e. The molecule has 7 heteroatoms. The zero-order valence-electron chi connectivity index (χ0n) is 16.5. The maximum absolute atomic E-state index is 12.2. The molecule has 6 nitrogen and oxygen atoms in total. The highest BCUT2D eigenvalue weighted by atomic mass is 32.2. The van der Waals surface area contributed by atoms with Crippen LogP contribution in [0.3, 0.4) is 0 Å². The molecule has 0 bridgehead atoms. The predicted octanol–water partition coefficient (Wildman–Crippen LogP) is 3.30. The van der Waals surface area contributed by atoms with Crippen molar-refractivity contribution in [1.82, 2.24) is 4.72 Å². The van der Waals surface area contributed by atoms with E-state index in [-0.39, 0.29) is 17.9 Å². The second-order valence-corrected chi connectivity index (χ2v) is 9.40. The third kappa shape index (κ3) is 5.39. The van der Waals surface area contributed by atoms with Crippen molar-refractivity contribution in [1.29, 1.82) is 0 Å². The first-order valence-corrected chi connectivity index (χ1v) is 11.0. The summed E-state index contributed by atoms with van der Waals surface area (Å²) in [6.45, 7) is 4.64. The molecule has 152 valence electrons. The molecule has 1 N–H and O–H groups in total. The number of benzene rings is 2. The van der Waals surface area contributed by atoms with Gasteiger partial charge in [0, 0.05) is 18.5 Å². The highest BCUT2D eigenvalue weighted by Gasteiger charge is 2.32. The molecule has 0 spiro atoms. The number of nitrogens with one attached hydrogen (secondary N) is 1. The van der Waals surface area contributed by atoms with Crippen molar-refractivity contribution < 1.29 is 22.6 Å². The van der Waals surface area contributed by atoms with Crippen LogP contribution in [-0.2, 0) is 23.0 Å². The van der Waals surface area contributed by atoms with Gasteiger partial charge in [0.25, 0.3) is 0 Å². The second kappa shape index (κ2) is 8.41. The SMILES string of the molecule is COc1ccc(CNS(=O)(=O)CCCOc2cccc3c2OC(C)(C)C3)cc1. The number of hydrogen-bond donors (Lipinski definition) is 1. The van der Waals surface area contributed by atoms with Crippen molar-refractivity contribution in [2.75, 3.05) is 19.5 Å². The molecule has 1 heterocycles. The lowest BCUT2D eigenvalue weighted by Crippen LogP contribution is -2.26. The summed E-state index contributed by atoms with van der Waals surface area (Å²) in [4.78, 5) is 0. The zero-order valence-corrected chi connectivity index (χ0v) is 17.3. The van der Waals surface area contributed by atoms with Crippen LogP contribution in [0.2, 0.25) is 0 Å². The van der Waals surface area contributed by atoms with Crippen molar-refractivity contribution >= 4 is 10.0 Å². The molecular formula is C21H27NO5S. The van der Waals surface area contributed by atoms with E-state index in [0.29, 0.717) is 18.8 Å². The van der Waals surface area contributed by atoms with Crippen molar-refractivity contribution in [2.24, 2.45) is 0 Å². The summed E-state index contributed by atoms with van der Waals surface area (Å²) in [7, 11) is -1.78. The van der Waals surface area contributed by atoms with E-state index in [1.54, 1.807) is 19.2 Å². The van der Waals surface area contributed by atoms with E-state index in [1.165, 1.54) is 0 Å². The van der Waals surface area contributed by atoms with Gasteiger partial charge in [-0.2, -0.15) is 0 Å². The Morgan fingerprint density at radius 3 is 2.61 bits per heavy atom. The molecule has 1 aliphatic heterocycles. The fraction of sp³-hybridized carbons (Fsp3) is 0.429. The molecule has 3 rings (SSSR count). The first-order chi connectivity index (χ1) is 13.3. The molecule has 0 saturated carbocycles. The van der Waals surface area contributed by atoms with Crippen LogP contribution >= 0.6 is 0 Å². The zero-order chi connectivity index (χ0) is 20.2. The number of rotatable bonds is 9. The number of fused-ring (bicyclic) bond motifs is 1. The van der Waals surface area contributed by atoms with Gasteiger partial charge in [-0.25, -0.2) is 13.1 Å². The Balaban J connectivity index is 1.45. The van der Waals surface area contributed by atoms with E-state index in [1.807, 2.05) is 44.2 Å². The van der Waals surface area contributed by atoms with Crippen LogP contribution in [-0.4, -0.2) is 33.5 Å². The molecule has 2 aromatic rings. The minimum absolute atomic E-state index is 0.00449. The van der Waals surface area contributed by atoms with Gasteiger partial charge >= 0.3 is 0 Å². The lowest BCUT2D eigenvalue weighted by molar-refractivity contribution is 0.132. The monoisotopic (exact) mass is 405 g/mol.